The zero-order valence-corrected chi connectivity index (χ0v) is 10.6. The maximum atomic E-state index is 5.65. The second kappa shape index (κ2) is 4.81. The molecule has 3 heteroatoms. The highest BCUT2D eigenvalue weighted by Gasteiger charge is 2.44. The van der Waals surface area contributed by atoms with Gasteiger partial charge in [0.25, 0.3) is 0 Å². The van der Waals surface area contributed by atoms with Crippen molar-refractivity contribution in [1.29, 1.82) is 0 Å². The Morgan fingerprint density at radius 3 is 2.27 bits per heavy atom. The third kappa shape index (κ3) is 3.16. The van der Waals surface area contributed by atoms with Crippen molar-refractivity contribution in [2.45, 2.75) is 64.5 Å². The van der Waals surface area contributed by atoms with Crippen LogP contribution in [0.25, 0.3) is 0 Å². The van der Waals surface area contributed by atoms with Crippen LogP contribution in [-0.2, 0) is 4.74 Å². The molecule has 0 saturated heterocycles. The number of ether oxygens (including phenoxy) is 1. The number of rotatable bonds is 5. The summed E-state index contributed by atoms with van der Waals surface area (Å²) in [6.45, 7) is 6.79. The predicted octanol–water partition coefficient (Wildman–Crippen LogP) is 2.21. The van der Waals surface area contributed by atoms with Crippen molar-refractivity contribution in [3.8, 4) is 0 Å². The van der Waals surface area contributed by atoms with E-state index in [1.807, 2.05) is 0 Å². The number of methoxy groups -OCH3 is 1. The topological polar surface area (TPSA) is 47.3 Å². The molecule has 1 aliphatic carbocycles. The largest absolute Gasteiger partial charge is 0.377 e. The van der Waals surface area contributed by atoms with Crippen LogP contribution < -0.4 is 11.3 Å². The average Bonchev–Trinajstić information content (AvgIpc) is 2.07. The van der Waals surface area contributed by atoms with Crippen LogP contribution in [0.3, 0.4) is 0 Å². The Morgan fingerprint density at radius 1 is 1.40 bits per heavy atom. The second-order valence-corrected chi connectivity index (χ2v) is 5.94. The first kappa shape index (κ1) is 12.9. The van der Waals surface area contributed by atoms with Crippen molar-refractivity contribution >= 4 is 0 Å². The van der Waals surface area contributed by atoms with Crippen LogP contribution in [0.1, 0.15) is 52.9 Å². The molecule has 0 spiro atoms. The molecule has 1 atom stereocenters. The lowest BCUT2D eigenvalue weighted by atomic mass is 9.72. The van der Waals surface area contributed by atoms with Crippen LogP contribution in [0.5, 0.6) is 0 Å². The molecule has 1 rings (SSSR count). The zero-order chi connectivity index (χ0) is 11.5. The van der Waals surface area contributed by atoms with E-state index in [9.17, 15) is 0 Å². The van der Waals surface area contributed by atoms with Crippen molar-refractivity contribution in [2.24, 2.45) is 11.3 Å². The third-order valence-corrected chi connectivity index (χ3v) is 3.63. The molecular formula is C12H26N2O. The van der Waals surface area contributed by atoms with Crippen LogP contribution in [0, 0.1) is 5.41 Å². The minimum Gasteiger partial charge on any atom is -0.377 e. The number of hydrogen-bond donors (Lipinski definition) is 2. The molecule has 0 aromatic rings. The van der Waals surface area contributed by atoms with Gasteiger partial charge >= 0.3 is 0 Å². The number of nitrogens with two attached hydrogens (primary N) is 1. The minimum absolute atomic E-state index is 0.0139. The predicted molar refractivity (Wildman–Crippen MR) is 63.4 cm³/mol. The van der Waals surface area contributed by atoms with Gasteiger partial charge < -0.3 is 4.74 Å². The van der Waals surface area contributed by atoms with Gasteiger partial charge in [0.05, 0.1) is 11.6 Å². The quantitative estimate of drug-likeness (QED) is 0.545. The van der Waals surface area contributed by atoms with Gasteiger partial charge in [-0.1, -0.05) is 20.8 Å². The third-order valence-electron chi connectivity index (χ3n) is 3.63. The van der Waals surface area contributed by atoms with Gasteiger partial charge in [0.2, 0.25) is 0 Å². The SMILES string of the molecule is COC1(C(CCC(C)(C)C)NN)CCC1. The van der Waals surface area contributed by atoms with E-state index in [0.29, 0.717) is 11.5 Å². The van der Waals surface area contributed by atoms with Crippen LogP contribution >= 0.6 is 0 Å². The first-order chi connectivity index (χ1) is 6.93. The summed E-state index contributed by atoms with van der Waals surface area (Å²) in [6, 6.07) is 0.301. The van der Waals surface area contributed by atoms with Crippen LogP contribution in [0.2, 0.25) is 0 Å². The van der Waals surface area contributed by atoms with Gasteiger partial charge in [-0.2, -0.15) is 0 Å². The lowest BCUT2D eigenvalue weighted by Crippen LogP contribution is -2.58. The lowest BCUT2D eigenvalue weighted by molar-refractivity contribution is -0.101. The highest BCUT2D eigenvalue weighted by atomic mass is 16.5. The molecular weight excluding hydrogens is 188 g/mol. The summed E-state index contributed by atoms with van der Waals surface area (Å²) < 4.78 is 5.65. The van der Waals surface area contributed by atoms with E-state index in [1.54, 1.807) is 7.11 Å². The molecule has 15 heavy (non-hydrogen) atoms. The van der Waals surface area contributed by atoms with Gasteiger partial charge in [0.15, 0.2) is 0 Å². The lowest BCUT2D eigenvalue weighted by Gasteiger charge is -2.46. The maximum Gasteiger partial charge on any atom is 0.0844 e. The average molecular weight is 214 g/mol. The Kier molecular flexibility index (Phi) is 4.15. The fourth-order valence-corrected chi connectivity index (χ4v) is 2.30. The van der Waals surface area contributed by atoms with Gasteiger partial charge in [0, 0.05) is 7.11 Å². The number of nitrogens with one attached hydrogen (secondary N) is 1. The fourth-order valence-electron chi connectivity index (χ4n) is 2.30. The molecule has 0 bridgehead atoms. The maximum absolute atomic E-state index is 5.65. The monoisotopic (exact) mass is 214 g/mol. The molecule has 0 aromatic carbocycles. The summed E-state index contributed by atoms with van der Waals surface area (Å²) >= 11 is 0. The summed E-state index contributed by atoms with van der Waals surface area (Å²) in [6.07, 6.45) is 5.81. The highest BCUT2D eigenvalue weighted by Crippen LogP contribution is 2.40. The number of hydrazine groups is 1. The zero-order valence-electron chi connectivity index (χ0n) is 10.6. The van der Waals surface area contributed by atoms with E-state index in [2.05, 4.69) is 26.2 Å². The summed E-state index contributed by atoms with van der Waals surface area (Å²) in [4.78, 5) is 0. The molecule has 0 heterocycles. The van der Waals surface area contributed by atoms with Crippen LogP contribution in [-0.4, -0.2) is 18.8 Å². The molecule has 3 nitrogen and oxygen atoms in total. The van der Waals surface area contributed by atoms with Crippen molar-refractivity contribution in [1.82, 2.24) is 5.43 Å². The molecule has 90 valence electrons. The first-order valence-corrected chi connectivity index (χ1v) is 5.95. The molecule has 1 aliphatic rings. The minimum atomic E-state index is 0.0139. The molecule has 0 radical (unpaired) electrons. The second-order valence-electron chi connectivity index (χ2n) is 5.94. The molecule has 1 unspecified atom stereocenters. The van der Waals surface area contributed by atoms with Gasteiger partial charge in [-0.05, 0) is 37.5 Å². The van der Waals surface area contributed by atoms with E-state index in [1.165, 1.54) is 12.8 Å². The smallest absolute Gasteiger partial charge is 0.0844 e. The van der Waals surface area contributed by atoms with Crippen molar-refractivity contribution < 1.29 is 4.74 Å². The summed E-state index contributed by atoms with van der Waals surface area (Å²) in [5, 5.41) is 0. The summed E-state index contributed by atoms with van der Waals surface area (Å²) in [5.41, 5.74) is 3.33. The fraction of sp³-hybridized carbons (Fsp3) is 1.00. The van der Waals surface area contributed by atoms with E-state index in [4.69, 9.17) is 10.6 Å². The van der Waals surface area contributed by atoms with Gasteiger partial charge in [0.1, 0.15) is 0 Å². The Labute approximate surface area is 93.7 Å². The highest BCUT2D eigenvalue weighted by molar-refractivity contribution is 4.99. The first-order valence-electron chi connectivity index (χ1n) is 5.95. The molecule has 1 fully saturated rings. The van der Waals surface area contributed by atoms with Crippen molar-refractivity contribution in [2.75, 3.05) is 7.11 Å². The van der Waals surface area contributed by atoms with Gasteiger partial charge in [-0.25, -0.2) is 0 Å². The van der Waals surface area contributed by atoms with Crippen molar-refractivity contribution in [3.05, 3.63) is 0 Å². The van der Waals surface area contributed by atoms with Gasteiger partial charge in [-0.3, -0.25) is 11.3 Å². The van der Waals surface area contributed by atoms with E-state index in [-0.39, 0.29) is 5.60 Å². The van der Waals surface area contributed by atoms with Crippen LogP contribution in [0.4, 0.5) is 0 Å². The van der Waals surface area contributed by atoms with Gasteiger partial charge in [-0.15, -0.1) is 0 Å². The number of hydrogen-bond acceptors (Lipinski definition) is 3. The van der Waals surface area contributed by atoms with Crippen LogP contribution in [0.15, 0.2) is 0 Å². The normalized spacial score (nSPS) is 22.2. The summed E-state index contributed by atoms with van der Waals surface area (Å²) in [7, 11) is 1.81. The summed E-state index contributed by atoms with van der Waals surface area (Å²) in [5.74, 6) is 5.64. The Hall–Kier alpha value is -0.120. The molecule has 1 saturated carbocycles. The molecule has 3 N–H and O–H groups in total. The molecule has 0 aromatic heterocycles. The van der Waals surface area contributed by atoms with E-state index < -0.39 is 0 Å². The Morgan fingerprint density at radius 2 is 2.00 bits per heavy atom. The molecule has 0 amide bonds. The van der Waals surface area contributed by atoms with E-state index in [0.717, 1.165) is 19.3 Å². The standard InChI is InChI=1S/C12H26N2O/c1-11(2,3)9-6-10(14-13)12(15-4)7-5-8-12/h10,14H,5-9,13H2,1-4H3. The van der Waals surface area contributed by atoms with E-state index >= 15 is 0 Å². The Bertz CT molecular complexity index is 189. The Balaban J connectivity index is 2.48. The van der Waals surface area contributed by atoms with Crippen molar-refractivity contribution in [3.63, 3.8) is 0 Å². The molecule has 0 aliphatic heterocycles.